The second-order valence-corrected chi connectivity index (χ2v) is 5.33. The van der Waals surface area contributed by atoms with Crippen molar-refractivity contribution in [3.63, 3.8) is 0 Å². The van der Waals surface area contributed by atoms with Gasteiger partial charge in [-0.05, 0) is 41.0 Å². The fourth-order valence-electron chi connectivity index (χ4n) is 1.41. The first-order valence-corrected chi connectivity index (χ1v) is 6.98. The predicted octanol–water partition coefficient (Wildman–Crippen LogP) is 3.04. The van der Waals surface area contributed by atoms with Crippen LogP contribution < -0.4 is 5.56 Å². The Hall–Kier alpha value is -0.770. The molecule has 3 nitrogen and oxygen atoms in total. The number of hydrogen-bond acceptors (Lipinski definition) is 3. The number of alkyl halides is 3. The number of hydrogen-bond donors (Lipinski definition) is 0. The Bertz CT molecular complexity index is 668. The van der Waals surface area contributed by atoms with Gasteiger partial charge in [-0.25, -0.2) is 4.98 Å². The van der Waals surface area contributed by atoms with Crippen LogP contribution in [0.5, 0.6) is 0 Å². The summed E-state index contributed by atoms with van der Waals surface area (Å²) in [6, 6.07) is 3.11. The van der Waals surface area contributed by atoms with E-state index in [9.17, 15) is 18.0 Å². The molecule has 0 N–H and O–H groups in total. The van der Waals surface area contributed by atoms with Crippen LogP contribution in [-0.4, -0.2) is 15.6 Å². The van der Waals surface area contributed by atoms with Gasteiger partial charge in [0, 0.05) is 11.1 Å². The molecule has 2 aromatic rings. The maximum atomic E-state index is 12.7. The van der Waals surface area contributed by atoms with Crippen molar-refractivity contribution in [3.05, 3.63) is 37.9 Å². The molecule has 0 aromatic carbocycles. The molecule has 96 valence electrons. The van der Waals surface area contributed by atoms with Gasteiger partial charge in [0.15, 0.2) is 5.69 Å². The van der Waals surface area contributed by atoms with Crippen molar-refractivity contribution in [3.8, 4) is 0 Å². The molecule has 0 bridgehead atoms. The third-order valence-electron chi connectivity index (χ3n) is 2.25. The van der Waals surface area contributed by atoms with Crippen LogP contribution in [0, 0.1) is 3.57 Å². The van der Waals surface area contributed by atoms with Crippen LogP contribution in [0.25, 0.3) is 5.65 Å². The fourth-order valence-corrected chi connectivity index (χ4v) is 2.52. The summed E-state index contributed by atoms with van der Waals surface area (Å²) in [5.74, 6) is 0. The number of nitrogens with zero attached hydrogens (tertiary/aromatic N) is 2. The molecule has 0 aliphatic carbocycles. The van der Waals surface area contributed by atoms with Crippen molar-refractivity contribution in [1.82, 2.24) is 9.38 Å². The summed E-state index contributed by atoms with van der Waals surface area (Å²) in [6.07, 6.45) is -1.40. The Labute approximate surface area is 118 Å². The van der Waals surface area contributed by atoms with E-state index in [2.05, 4.69) is 4.98 Å². The van der Waals surface area contributed by atoms with Gasteiger partial charge in [-0.2, -0.15) is 13.2 Å². The first-order chi connectivity index (χ1) is 8.34. The van der Waals surface area contributed by atoms with Crippen molar-refractivity contribution in [2.45, 2.75) is 11.1 Å². The Morgan fingerprint density at radius 3 is 2.67 bits per heavy atom. The highest BCUT2D eigenvalue weighted by molar-refractivity contribution is 14.1. The summed E-state index contributed by atoms with van der Waals surface area (Å²) in [5, 5.41) is 0. The topological polar surface area (TPSA) is 34.4 Å². The molecule has 2 heterocycles. The highest BCUT2D eigenvalue weighted by Gasteiger charge is 2.36. The minimum atomic E-state index is -4.63. The number of rotatable bonds is 1. The van der Waals surface area contributed by atoms with Gasteiger partial charge in [0.25, 0.3) is 5.56 Å². The molecule has 0 spiro atoms. The highest BCUT2D eigenvalue weighted by Crippen LogP contribution is 2.30. The number of thioether (sulfide) groups is 1. The van der Waals surface area contributed by atoms with Crippen molar-refractivity contribution in [2.75, 3.05) is 6.26 Å². The summed E-state index contributed by atoms with van der Waals surface area (Å²) < 4.78 is 38.8. The van der Waals surface area contributed by atoms with E-state index in [1.54, 1.807) is 12.3 Å². The lowest BCUT2D eigenvalue weighted by Crippen LogP contribution is -2.24. The third kappa shape index (κ3) is 2.35. The van der Waals surface area contributed by atoms with Gasteiger partial charge in [-0.1, -0.05) is 0 Å². The predicted molar refractivity (Wildman–Crippen MR) is 71.0 cm³/mol. The molecule has 0 saturated heterocycles. The Morgan fingerprint density at radius 2 is 2.11 bits per heavy atom. The first-order valence-electron chi connectivity index (χ1n) is 4.67. The highest BCUT2D eigenvalue weighted by atomic mass is 127. The Balaban J connectivity index is 2.84. The summed E-state index contributed by atoms with van der Waals surface area (Å²) >= 11 is 2.74. The molecule has 0 saturated carbocycles. The van der Waals surface area contributed by atoms with Crippen molar-refractivity contribution in [2.24, 2.45) is 0 Å². The lowest BCUT2D eigenvalue weighted by atomic mass is 10.3. The van der Waals surface area contributed by atoms with Gasteiger partial charge >= 0.3 is 6.18 Å². The van der Waals surface area contributed by atoms with Gasteiger partial charge in [0.05, 0.1) is 0 Å². The van der Waals surface area contributed by atoms with Gasteiger partial charge in [0.2, 0.25) is 0 Å². The van der Waals surface area contributed by atoms with E-state index in [0.29, 0.717) is 0 Å². The molecule has 2 aromatic heterocycles. The molecule has 0 aliphatic heterocycles. The zero-order chi connectivity index (χ0) is 13.5. The second-order valence-electron chi connectivity index (χ2n) is 3.37. The average Bonchev–Trinajstić information content (AvgIpc) is 2.31. The lowest BCUT2D eigenvalue weighted by Gasteiger charge is -2.10. The summed E-state index contributed by atoms with van der Waals surface area (Å²) in [4.78, 5) is 16.1. The zero-order valence-electron chi connectivity index (χ0n) is 8.95. The molecule has 0 radical (unpaired) electrons. The minimum Gasteiger partial charge on any atom is -0.268 e. The average molecular weight is 386 g/mol. The molecule has 0 unspecified atom stereocenters. The van der Waals surface area contributed by atoms with Crippen molar-refractivity contribution in [1.29, 1.82) is 0 Å². The molecular weight excluding hydrogens is 380 g/mol. The van der Waals surface area contributed by atoms with E-state index in [-0.39, 0.29) is 5.65 Å². The number of aromatic nitrogens is 2. The Kier molecular flexibility index (Phi) is 3.58. The molecule has 0 aliphatic rings. The lowest BCUT2D eigenvalue weighted by molar-refractivity contribution is -0.141. The van der Waals surface area contributed by atoms with Crippen molar-refractivity contribution >= 4 is 40.0 Å². The first kappa shape index (κ1) is 13.7. The van der Waals surface area contributed by atoms with Crippen LogP contribution in [0.15, 0.2) is 28.0 Å². The molecule has 0 fully saturated rings. The van der Waals surface area contributed by atoms with Crippen LogP contribution in [0.3, 0.4) is 0 Å². The maximum absolute atomic E-state index is 12.7. The quantitative estimate of drug-likeness (QED) is 0.558. The SMILES string of the molecule is CSc1ccn2c(=O)c(I)c(C(F)(F)F)nc2c1. The van der Waals surface area contributed by atoms with Gasteiger partial charge < -0.3 is 0 Å². The molecule has 18 heavy (non-hydrogen) atoms. The van der Waals surface area contributed by atoms with E-state index in [1.165, 1.54) is 46.6 Å². The largest absolute Gasteiger partial charge is 0.434 e. The number of pyridine rings is 1. The summed E-state index contributed by atoms with van der Waals surface area (Å²) in [5.41, 5.74) is -1.84. The van der Waals surface area contributed by atoms with Crippen LogP contribution >= 0.6 is 34.4 Å². The maximum Gasteiger partial charge on any atom is 0.434 e. The van der Waals surface area contributed by atoms with Gasteiger partial charge in [0.1, 0.15) is 9.22 Å². The van der Waals surface area contributed by atoms with Crippen LogP contribution in [0.4, 0.5) is 13.2 Å². The van der Waals surface area contributed by atoms with Crippen LogP contribution in [-0.2, 0) is 6.18 Å². The minimum absolute atomic E-state index is 0.000379. The van der Waals surface area contributed by atoms with E-state index in [4.69, 9.17) is 0 Å². The normalized spacial score (nSPS) is 12.1. The van der Waals surface area contributed by atoms with Gasteiger partial charge in [-0.15, -0.1) is 11.8 Å². The van der Waals surface area contributed by atoms with Crippen LogP contribution in [0.1, 0.15) is 5.69 Å². The molecule has 0 amide bonds. The van der Waals surface area contributed by atoms with Gasteiger partial charge in [-0.3, -0.25) is 9.20 Å². The van der Waals surface area contributed by atoms with E-state index in [0.717, 1.165) is 9.30 Å². The van der Waals surface area contributed by atoms with Crippen LogP contribution in [0.2, 0.25) is 0 Å². The standard InChI is InChI=1S/C10H6F3IN2OS/c1-18-5-2-3-16-6(4-5)15-8(10(11,12)13)7(14)9(16)17/h2-4H,1H3. The molecule has 2 rings (SSSR count). The smallest absolute Gasteiger partial charge is 0.268 e. The number of fused-ring (bicyclic) bond motifs is 1. The third-order valence-corrected chi connectivity index (χ3v) is 3.95. The van der Waals surface area contributed by atoms with E-state index >= 15 is 0 Å². The second kappa shape index (κ2) is 4.72. The monoisotopic (exact) mass is 386 g/mol. The molecule has 0 atom stereocenters. The molecular formula is C10H6F3IN2OS. The van der Waals surface area contributed by atoms with E-state index < -0.39 is 21.0 Å². The Morgan fingerprint density at radius 1 is 1.44 bits per heavy atom. The molecule has 8 heteroatoms. The summed E-state index contributed by atoms with van der Waals surface area (Å²) in [7, 11) is 0. The zero-order valence-corrected chi connectivity index (χ0v) is 11.9. The van der Waals surface area contributed by atoms with Crippen molar-refractivity contribution < 1.29 is 13.2 Å². The van der Waals surface area contributed by atoms with E-state index in [1.807, 2.05) is 0 Å². The number of halogens is 4. The summed E-state index contributed by atoms with van der Waals surface area (Å²) in [6.45, 7) is 0. The fraction of sp³-hybridized carbons (Fsp3) is 0.200.